The summed E-state index contributed by atoms with van der Waals surface area (Å²) in [6, 6.07) is 8.44. The number of hydrogen-bond donors (Lipinski definition) is 2. The van der Waals surface area contributed by atoms with Gasteiger partial charge in [0, 0.05) is 24.2 Å². The Kier molecular flexibility index (Phi) is 2.26. The minimum Gasteiger partial charge on any atom is -0.328 e. The van der Waals surface area contributed by atoms with Crippen molar-refractivity contribution in [1.29, 1.82) is 0 Å². The minimum absolute atomic E-state index is 0.00854. The molecule has 1 heterocycles. The van der Waals surface area contributed by atoms with Crippen LogP contribution in [0.3, 0.4) is 0 Å². The number of nitrogens with one attached hydrogen (secondary N) is 2. The summed E-state index contributed by atoms with van der Waals surface area (Å²) in [5, 5.41) is 5.29. The lowest BCUT2D eigenvalue weighted by atomic mass is 10.1. The summed E-state index contributed by atoms with van der Waals surface area (Å²) < 4.78 is 0. The molecule has 3 rings (SSSR count). The van der Waals surface area contributed by atoms with Crippen molar-refractivity contribution in [3.05, 3.63) is 46.4 Å². The van der Waals surface area contributed by atoms with Gasteiger partial charge in [0.05, 0.1) is 0 Å². The van der Waals surface area contributed by atoms with Gasteiger partial charge < -0.3 is 10.3 Å². The first-order chi connectivity index (χ1) is 7.84. The quantitative estimate of drug-likeness (QED) is 0.818. The molecule has 3 heteroatoms. The van der Waals surface area contributed by atoms with E-state index < -0.39 is 0 Å². The lowest BCUT2D eigenvalue weighted by molar-refractivity contribution is 0.689. The molecule has 0 aliphatic heterocycles. The fraction of sp³-hybridized carbons (Fsp3) is 0.308. The van der Waals surface area contributed by atoms with Crippen LogP contribution in [0.15, 0.2) is 35.3 Å². The average Bonchev–Trinajstić information content (AvgIpc) is 3.13. The molecule has 1 fully saturated rings. The van der Waals surface area contributed by atoms with Gasteiger partial charge in [-0.05, 0) is 29.9 Å². The van der Waals surface area contributed by atoms with Gasteiger partial charge in [-0.3, -0.25) is 4.79 Å². The first kappa shape index (κ1) is 9.60. The third-order valence-electron chi connectivity index (χ3n) is 3.05. The first-order valence-electron chi connectivity index (χ1n) is 5.67. The fourth-order valence-electron chi connectivity index (χ4n) is 1.96. The number of pyridine rings is 1. The van der Waals surface area contributed by atoms with E-state index in [1.807, 2.05) is 30.5 Å². The van der Waals surface area contributed by atoms with Gasteiger partial charge in [0.25, 0.3) is 5.56 Å². The van der Waals surface area contributed by atoms with E-state index in [1.54, 1.807) is 0 Å². The zero-order valence-electron chi connectivity index (χ0n) is 8.99. The SMILES string of the molecule is O=c1[nH]cc(CNC2CC2)c2ccccc12. The van der Waals surface area contributed by atoms with Crippen LogP contribution in [0, 0.1) is 0 Å². The maximum atomic E-state index is 11.6. The second-order valence-electron chi connectivity index (χ2n) is 4.34. The van der Waals surface area contributed by atoms with Crippen LogP contribution in [0.2, 0.25) is 0 Å². The zero-order chi connectivity index (χ0) is 11.0. The van der Waals surface area contributed by atoms with E-state index >= 15 is 0 Å². The Balaban J connectivity index is 2.02. The third kappa shape index (κ3) is 1.74. The first-order valence-corrected chi connectivity index (χ1v) is 5.67. The van der Waals surface area contributed by atoms with Crippen molar-refractivity contribution < 1.29 is 0 Å². The molecule has 82 valence electrons. The maximum absolute atomic E-state index is 11.6. The molecule has 0 bridgehead atoms. The monoisotopic (exact) mass is 214 g/mol. The summed E-state index contributed by atoms with van der Waals surface area (Å²) in [5.41, 5.74) is 1.16. The number of benzene rings is 1. The van der Waals surface area contributed by atoms with E-state index in [9.17, 15) is 4.79 Å². The van der Waals surface area contributed by atoms with Crippen molar-refractivity contribution in [3.8, 4) is 0 Å². The van der Waals surface area contributed by atoms with Crippen molar-refractivity contribution in [2.75, 3.05) is 0 Å². The van der Waals surface area contributed by atoms with Crippen LogP contribution in [0.1, 0.15) is 18.4 Å². The molecule has 0 saturated heterocycles. The van der Waals surface area contributed by atoms with Gasteiger partial charge in [-0.2, -0.15) is 0 Å². The van der Waals surface area contributed by atoms with E-state index in [2.05, 4.69) is 10.3 Å². The van der Waals surface area contributed by atoms with Crippen LogP contribution in [0.5, 0.6) is 0 Å². The van der Waals surface area contributed by atoms with Crippen molar-refractivity contribution in [2.45, 2.75) is 25.4 Å². The second-order valence-corrected chi connectivity index (χ2v) is 4.34. The Labute approximate surface area is 93.5 Å². The molecule has 1 aliphatic rings. The average molecular weight is 214 g/mol. The fourth-order valence-corrected chi connectivity index (χ4v) is 1.96. The molecule has 0 spiro atoms. The molecule has 2 aromatic rings. The van der Waals surface area contributed by atoms with E-state index in [-0.39, 0.29) is 5.56 Å². The van der Waals surface area contributed by atoms with Crippen LogP contribution in [0.25, 0.3) is 10.8 Å². The van der Waals surface area contributed by atoms with E-state index in [1.165, 1.54) is 18.4 Å². The van der Waals surface area contributed by atoms with Crippen molar-refractivity contribution in [3.63, 3.8) is 0 Å². The molecule has 1 aromatic carbocycles. The molecule has 3 nitrogen and oxygen atoms in total. The summed E-state index contributed by atoms with van der Waals surface area (Å²) >= 11 is 0. The number of rotatable bonds is 3. The van der Waals surface area contributed by atoms with Gasteiger partial charge in [0.1, 0.15) is 0 Å². The Morgan fingerprint density at radius 3 is 2.75 bits per heavy atom. The summed E-state index contributed by atoms with van der Waals surface area (Å²) in [5.74, 6) is 0. The van der Waals surface area contributed by atoms with Crippen molar-refractivity contribution in [1.82, 2.24) is 10.3 Å². The van der Waals surface area contributed by atoms with Gasteiger partial charge in [-0.25, -0.2) is 0 Å². The summed E-state index contributed by atoms with van der Waals surface area (Å²) in [6.07, 6.45) is 4.38. The third-order valence-corrected chi connectivity index (χ3v) is 3.05. The van der Waals surface area contributed by atoms with E-state index in [4.69, 9.17) is 0 Å². The Morgan fingerprint density at radius 1 is 1.25 bits per heavy atom. The highest BCUT2D eigenvalue weighted by atomic mass is 16.1. The van der Waals surface area contributed by atoms with Crippen molar-refractivity contribution in [2.24, 2.45) is 0 Å². The lowest BCUT2D eigenvalue weighted by Gasteiger charge is -2.06. The number of H-pyrrole nitrogens is 1. The summed E-state index contributed by atoms with van der Waals surface area (Å²) in [4.78, 5) is 14.4. The molecule has 0 amide bonds. The van der Waals surface area contributed by atoms with Gasteiger partial charge in [-0.15, -0.1) is 0 Å². The largest absolute Gasteiger partial charge is 0.328 e. The van der Waals surface area contributed by atoms with Crippen molar-refractivity contribution >= 4 is 10.8 Å². The van der Waals surface area contributed by atoms with Crippen LogP contribution in [0.4, 0.5) is 0 Å². The smallest absolute Gasteiger partial charge is 0.255 e. The molecular weight excluding hydrogens is 200 g/mol. The maximum Gasteiger partial charge on any atom is 0.255 e. The number of hydrogen-bond acceptors (Lipinski definition) is 2. The summed E-state index contributed by atoms with van der Waals surface area (Å²) in [7, 11) is 0. The summed E-state index contributed by atoms with van der Waals surface area (Å²) in [6.45, 7) is 0.835. The predicted octanol–water partition coefficient (Wildman–Crippen LogP) is 1.78. The molecule has 16 heavy (non-hydrogen) atoms. The molecule has 2 N–H and O–H groups in total. The molecule has 1 saturated carbocycles. The molecule has 0 radical (unpaired) electrons. The molecule has 1 aliphatic carbocycles. The lowest BCUT2D eigenvalue weighted by Crippen LogP contribution is -2.17. The normalized spacial score (nSPS) is 15.5. The van der Waals surface area contributed by atoms with Crippen LogP contribution in [-0.2, 0) is 6.54 Å². The number of fused-ring (bicyclic) bond motifs is 1. The highest BCUT2D eigenvalue weighted by Gasteiger charge is 2.20. The van der Waals surface area contributed by atoms with Gasteiger partial charge >= 0.3 is 0 Å². The van der Waals surface area contributed by atoms with Gasteiger partial charge in [0.2, 0.25) is 0 Å². The Hall–Kier alpha value is -1.61. The van der Waals surface area contributed by atoms with Crippen LogP contribution < -0.4 is 10.9 Å². The zero-order valence-corrected chi connectivity index (χ0v) is 8.99. The molecular formula is C13H14N2O. The number of aromatic amines is 1. The standard InChI is InChI=1S/C13H14N2O/c16-13-12-4-2-1-3-11(12)9(8-15-13)7-14-10-5-6-10/h1-4,8,10,14H,5-7H2,(H,15,16). The highest BCUT2D eigenvalue weighted by molar-refractivity contribution is 5.84. The van der Waals surface area contributed by atoms with Crippen LogP contribution in [-0.4, -0.2) is 11.0 Å². The topological polar surface area (TPSA) is 44.9 Å². The van der Waals surface area contributed by atoms with Gasteiger partial charge in [-0.1, -0.05) is 18.2 Å². The highest BCUT2D eigenvalue weighted by Crippen LogP contribution is 2.20. The van der Waals surface area contributed by atoms with E-state index in [0.29, 0.717) is 6.04 Å². The number of aromatic nitrogens is 1. The van der Waals surface area contributed by atoms with E-state index in [0.717, 1.165) is 17.3 Å². The van der Waals surface area contributed by atoms with Gasteiger partial charge in [0.15, 0.2) is 0 Å². The molecule has 0 atom stereocenters. The Bertz CT molecular complexity index is 569. The second kappa shape index (κ2) is 3.76. The molecule has 1 aromatic heterocycles. The Morgan fingerprint density at radius 2 is 2.00 bits per heavy atom. The predicted molar refractivity (Wildman–Crippen MR) is 64.4 cm³/mol. The molecule has 0 unspecified atom stereocenters. The van der Waals surface area contributed by atoms with Crippen LogP contribution >= 0.6 is 0 Å². The minimum atomic E-state index is -0.00854.